The summed E-state index contributed by atoms with van der Waals surface area (Å²) in [4.78, 5) is 0. The first kappa shape index (κ1) is 14.8. The third-order valence-electron chi connectivity index (χ3n) is 3.66. The van der Waals surface area contributed by atoms with Gasteiger partial charge in [0.25, 0.3) is 0 Å². The predicted molar refractivity (Wildman–Crippen MR) is 96.5 cm³/mol. The molecule has 0 aliphatic heterocycles. The fourth-order valence-electron chi connectivity index (χ4n) is 2.51. The highest BCUT2D eigenvalue weighted by Gasteiger charge is 2.12. The van der Waals surface area contributed by atoms with Crippen molar-refractivity contribution in [1.82, 2.24) is 14.6 Å². The minimum Gasteiger partial charge on any atom is -0.270 e. The second-order valence-electron chi connectivity index (χ2n) is 5.06. The summed E-state index contributed by atoms with van der Waals surface area (Å²) in [5.74, 6) is 0.641. The monoisotopic (exact) mass is 359 g/mol. The van der Waals surface area contributed by atoms with E-state index in [0.717, 1.165) is 27.3 Å². The fourth-order valence-corrected chi connectivity index (χ4v) is 4.21. The highest BCUT2D eigenvalue weighted by Crippen LogP contribution is 2.31. The number of thioether (sulfide) groups is 1. The number of hydrogen-bond donors (Lipinski definition) is 0. The first-order valence-corrected chi connectivity index (χ1v) is 8.77. The van der Waals surface area contributed by atoms with Gasteiger partial charge in [-0.25, -0.2) is 0 Å². The van der Waals surface area contributed by atoms with Crippen molar-refractivity contribution in [2.75, 3.05) is 0 Å². The SMILES string of the molecule is Clc1cccc(Cl)c1CSc1nnc2ccc3ccccc3n12. The largest absolute Gasteiger partial charge is 0.270 e. The van der Waals surface area contributed by atoms with Crippen LogP contribution in [0.25, 0.3) is 16.6 Å². The van der Waals surface area contributed by atoms with Gasteiger partial charge in [0.05, 0.1) is 5.52 Å². The zero-order chi connectivity index (χ0) is 15.8. The lowest BCUT2D eigenvalue weighted by Crippen LogP contribution is -1.92. The Bertz CT molecular complexity index is 993. The molecule has 0 aliphatic carbocycles. The number of hydrogen-bond acceptors (Lipinski definition) is 3. The van der Waals surface area contributed by atoms with Crippen molar-refractivity contribution in [3.63, 3.8) is 0 Å². The van der Waals surface area contributed by atoms with Gasteiger partial charge in [0.2, 0.25) is 0 Å². The number of aromatic nitrogens is 3. The maximum atomic E-state index is 6.24. The van der Waals surface area contributed by atoms with Crippen molar-refractivity contribution in [3.05, 3.63) is 70.2 Å². The van der Waals surface area contributed by atoms with Gasteiger partial charge in [-0.15, -0.1) is 10.2 Å². The summed E-state index contributed by atoms with van der Waals surface area (Å²) in [6.07, 6.45) is 0. The van der Waals surface area contributed by atoms with Crippen molar-refractivity contribution < 1.29 is 0 Å². The number of para-hydroxylation sites is 1. The highest BCUT2D eigenvalue weighted by molar-refractivity contribution is 7.98. The molecule has 6 heteroatoms. The smallest absolute Gasteiger partial charge is 0.196 e. The van der Waals surface area contributed by atoms with Crippen molar-refractivity contribution >= 4 is 51.5 Å². The van der Waals surface area contributed by atoms with Gasteiger partial charge in [0.1, 0.15) is 0 Å². The average molecular weight is 360 g/mol. The zero-order valence-electron chi connectivity index (χ0n) is 11.9. The van der Waals surface area contributed by atoms with E-state index in [0.29, 0.717) is 15.8 Å². The molecule has 23 heavy (non-hydrogen) atoms. The Morgan fingerprint density at radius 2 is 1.65 bits per heavy atom. The lowest BCUT2D eigenvalue weighted by molar-refractivity contribution is 0.940. The molecule has 0 N–H and O–H groups in total. The van der Waals surface area contributed by atoms with Crippen LogP contribution in [0.2, 0.25) is 10.0 Å². The molecule has 2 heterocycles. The Hall–Kier alpha value is -1.75. The second kappa shape index (κ2) is 6.04. The summed E-state index contributed by atoms with van der Waals surface area (Å²) in [6, 6.07) is 17.8. The maximum absolute atomic E-state index is 6.24. The number of pyridine rings is 1. The van der Waals surface area contributed by atoms with Crippen molar-refractivity contribution in [1.29, 1.82) is 0 Å². The van der Waals surface area contributed by atoms with Crippen molar-refractivity contribution in [3.8, 4) is 0 Å². The van der Waals surface area contributed by atoms with E-state index in [4.69, 9.17) is 23.2 Å². The normalized spacial score (nSPS) is 11.4. The summed E-state index contributed by atoms with van der Waals surface area (Å²) in [7, 11) is 0. The van der Waals surface area contributed by atoms with E-state index in [1.54, 1.807) is 11.8 Å². The van der Waals surface area contributed by atoms with E-state index in [9.17, 15) is 0 Å². The summed E-state index contributed by atoms with van der Waals surface area (Å²) in [5, 5.41) is 11.9. The van der Waals surface area contributed by atoms with Crippen LogP contribution in [0.15, 0.2) is 59.8 Å². The molecule has 4 aromatic rings. The Morgan fingerprint density at radius 1 is 0.870 bits per heavy atom. The number of halogens is 2. The number of benzene rings is 2. The van der Waals surface area contributed by atoms with Crippen LogP contribution < -0.4 is 0 Å². The van der Waals surface area contributed by atoms with Crippen LogP contribution in [-0.4, -0.2) is 14.6 Å². The second-order valence-corrected chi connectivity index (χ2v) is 6.81. The first-order chi connectivity index (χ1) is 11.2. The predicted octanol–water partition coefficient (Wildman–Crippen LogP) is 5.48. The molecule has 0 spiro atoms. The minimum atomic E-state index is 0.641. The molecule has 2 aromatic carbocycles. The van der Waals surface area contributed by atoms with Gasteiger partial charge in [-0.2, -0.15) is 0 Å². The molecule has 0 fully saturated rings. The van der Waals surface area contributed by atoms with Crippen molar-refractivity contribution in [2.45, 2.75) is 10.9 Å². The van der Waals surface area contributed by atoms with E-state index < -0.39 is 0 Å². The number of fused-ring (bicyclic) bond motifs is 3. The van der Waals surface area contributed by atoms with Crippen LogP contribution in [0.3, 0.4) is 0 Å². The third kappa shape index (κ3) is 2.67. The molecule has 0 saturated heterocycles. The van der Waals surface area contributed by atoms with Gasteiger partial charge >= 0.3 is 0 Å². The quantitative estimate of drug-likeness (QED) is 0.453. The molecule has 2 aromatic heterocycles. The van der Waals surface area contributed by atoms with Gasteiger partial charge in [-0.3, -0.25) is 4.40 Å². The first-order valence-electron chi connectivity index (χ1n) is 7.02. The third-order valence-corrected chi connectivity index (χ3v) is 5.32. The van der Waals surface area contributed by atoms with Gasteiger partial charge in [0, 0.05) is 15.8 Å². The molecule has 0 aliphatic rings. The van der Waals surface area contributed by atoms with Gasteiger partial charge < -0.3 is 0 Å². The lowest BCUT2D eigenvalue weighted by Gasteiger charge is -2.07. The van der Waals surface area contributed by atoms with Crippen LogP contribution in [0, 0.1) is 0 Å². The molecular formula is C17H11Cl2N3S. The molecule has 0 bridgehead atoms. The van der Waals surface area contributed by atoms with Crippen LogP contribution in [0.4, 0.5) is 0 Å². The van der Waals surface area contributed by atoms with Crippen LogP contribution in [0.5, 0.6) is 0 Å². The molecule has 114 valence electrons. The van der Waals surface area contributed by atoms with E-state index in [-0.39, 0.29) is 0 Å². The summed E-state index contributed by atoms with van der Waals surface area (Å²) < 4.78 is 2.06. The molecule has 3 nitrogen and oxygen atoms in total. The standard InChI is InChI=1S/C17H11Cl2N3S/c18-13-5-3-6-14(19)12(13)10-23-17-21-20-16-9-8-11-4-1-2-7-15(11)22(16)17/h1-9H,10H2. The van der Waals surface area contributed by atoms with Gasteiger partial charge in [-0.05, 0) is 41.3 Å². The Balaban J connectivity index is 1.76. The van der Waals surface area contributed by atoms with Crippen molar-refractivity contribution in [2.24, 2.45) is 0 Å². The molecule has 0 saturated carbocycles. The van der Waals surface area contributed by atoms with Crippen LogP contribution in [-0.2, 0) is 5.75 Å². The summed E-state index contributed by atoms with van der Waals surface area (Å²) >= 11 is 14.1. The van der Waals surface area contributed by atoms with Gasteiger partial charge in [-0.1, -0.05) is 59.2 Å². The Morgan fingerprint density at radius 3 is 2.48 bits per heavy atom. The Labute approximate surface area is 147 Å². The molecule has 4 rings (SSSR count). The minimum absolute atomic E-state index is 0.641. The lowest BCUT2D eigenvalue weighted by atomic mass is 10.2. The highest BCUT2D eigenvalue weighted by atomic mass is 35.5. The molecule has 0 amide bonds. The van der Waals surface area contributed by atoms with E-state index in [1.165, 1.54) is 0 Å². The van der Waals surface area contributed by atoms with E-state index >= 15 is 0 Å². The number of nitrogens with zero attached hydrogens (tertiary/aromatic N) is 3. The average Bonchev–Trinajstić information content (AvgIpc) is 2.98. The van der Waals surface area contributed by atoms with Gasteiger partial charge in [0.15, 0.2) is 10.8 Å². The van der Waals surface area contributed by atoms with E-state index in [1.807, 2.05) is 36.4 Å². The molecular weight excluding hydrogens is 349 g/mol. The van der Waals surface area contributed by atoms with E-state index in [2.05, 4.69) is 32.8 Å². The fraction of sp³-hybridized carbons (Fsp3) is 0.0588. The topological polar surface area (TPSA) is 30.2 Å². The molecule has 0 radical (unpaired) electrons. The summed E-state index contributed by atoms with van der Waals surface area (Å²) in [5.41, 5.74) is 2.83. The molecule has 0 atom stereocenters. The van der Waals surface area contributed by atoms with Crippen LogP contribution >= 0.6 is 35.0 Å². The van der Waals surface area contributed by atoms with Crippen LogP contribution in [0.1, 0.15) is 5.56 Å². The zero-order valence-corrected chi connectivity index (χ0v) is 14.2. The summed E-state index contributed by atoms with van der Waals surface area (Å²) in [6.45, 7) is 0. The number of rotatable bonds is 3. The Kier molecular flexibility index (Phi) is 3.89. The maximum Gasteiger partial charge on any atom is 0.196 e. The molecule has 0 unspecified atom stereocenters.